The molecule has 3 heterocycles. The van der Waals surface area contributed by atoms with Crippen LogP contribution < -0.4 is 11.3 Å². The average Bonchev–Trinajstić information content (AvgIpc) is 2.94. The molecule has 0 amide bonds. The van der Waals surface area contributed by atoms with E-state index in [1.165, 1.54) is 12.1 Å². The fraction of sp³-hybridized carbons (Fsp3) is 0.400. The van der Waals surface area contributed by atoms with Gasteiger partial charge in [-0.3, -0.25) is 19.7 Å². The van der Waals surface area contributed by atoms with E-state index in [1.807, 2.05) is 0 Å². The van der Waals surface area contributed by atoms with Gasteiger partial charge in [-0.05, 0) is 25.1 Å². The van der Waals surface area contributed by atoms with Crippen LogP contribution in [0.3, 0.4) is 0 Å². The number of aromatic nitrogens is 3. The largest absolute Gasteiger partial charge is 0.417 e. The lowest BCUT2D eigenvalue weighted by atomic mass is 10.1. The molecule has 1 unspecified atom stereocenters. The Kier molecular flexibility index (Phi) is 4.27. The number of alkyl halides is 3. The fourth-order valence-electron chi connectivity index (χ4n) is 2.84. The molecular formula is C15H16F3N5O. The summed E-state index contributed by atoms with van der Waals surface area (Å²) >= 11 is 0. The minimum Gasteiger partial charge on any atom is -0.369 e. The monoisotopic (exact) mass is 339 g/mol. The number of nitrogens with one attached hydrogen (secondary N) is 1. The van der Waals surface area contributed by atoms with Gasteiger partial charge in [-0.1, -0.05) is 0 Å². The van der Waals surface area contributed by atoms with Crippen LogP contribution in [0.2, 0.25) is 0 Å². The number of rotatable bonds is 3. The van der Waals surface area contributed by atoms with Crippen LogP contribution >= 0.6 is 0 Å². The van der Waals surface area contributed by atoms with Gasteiger partial charge in [0, 0.05) is 31.3 Å². The van der Waals surface area contributed by atoms with Crippen molar-refractivity contribution in [1.29, 1.82) is 0 Å². The minimum atomic E-state index is -4.38. The van der Waals surface area contributed by atoms with E-state index in [1.54, 1.807) is 0 Å². The highest BCUT2D eigenvalue weighted by atomic mass is 19.4. The summed E-state index contributed by atoms with van der Waals surface area (Å²) in [5.74, 6) is 0.157. The molecular weight excluding hydrogens is 323 g/mol. The van der Waals surface area contributed by atoms with E-state index in [9.17, 15) is 18.0 Å². The molecule has 2 aromatic heterocycles. The van der Waals surface area contributed by atoms with E-state index in [4.69, 9.17) is 5.73 Å². The first-order chi connectivity index (χ1) is 11.3. The number of pyridine rings is 1. The van der Waals surface area contributed by atoms with Crippen LogP contribution in [-0.2, 0) is 12.7 Å². The molecule has 9 heteroatoms. The third-order valence-corrected chi connectivity index (χ3v) is 4.01. The number of H-pyrrole nitrogens is 1. The molecule has 1 aliphatic heterocycles. The van der Waals surface area contributed by atoms with Crippen LogP contribution in [0.15, 0.2) is 29.2 Å². The van der Waals surface area contributed by atoms with E-state index in [0.29, 0.717) is 24.5 Å². The second kappa shape index (κ2) is 6.23. The van der Waals surface area contributed by atoms with E-state index < -0.39 is 11.7 Å². The van der Waals surface area contributed by atoms with Crippen LogP contribution in [0.25, 0.3) is 0 Å². The molecule has 0 spiro atoms. The van der Waals surface area contributed by atoms with Crippen LogP contribution in [0, 0.1) is 0 Å². The number of hydrogen-bond acceptors (Lipinski definition) is 5. The van der Waals surface area contributed by atoms with Crippen LogP contribution in [0.1, 0.15) is 29.3 Å². The van der Waals surface area contributed by atoms with Gasteiger partial charge in [-0.2, -0.15) is 13.2 Å². The van der Waals surface area contributed by atoms with E-state index >= 15 is 0 Å². The molecule has 6 nitrogen and oxygen atoms in total. The highest BCUT2D eigenvalue weighted by Gasteiger charge is 2.31. The first-order valence-corrected chi connectivity index (χ1v) is 7.42. The van der Waals surface area contributed by atoms with Gasteiger partial charge >= 0.3 is 6.18 Å². The van der Waals surface area contributed by atoms with Gasteiger partial charge in [0.05, 0.1) is 17.0 Å². The van der Waals surface area contributed by atoms with Crippen molar-refractivity contribution >= 4 is 5.95 Å². The first-order valence-electron chi connectivity index (χ1n) is 7.42. The van der Waals surface area contributed by atoms with Crippen molar-refractivity contribution in [3.63, 3.8) is 0 Å². The molecule has 0 aromatic carbocycles. The summed E-state index contributed by atoms with van der Waals surface area (Å²) in [4.78, 5) is 24.0. The summed E-state index contributed by atoms with van der Waals surface area (Å²) < 4.78 is 37.6. The molecule has 3 rings (SSSR count). The molecule has 3 N–H and O–H groups in total. The van der Waals surface area contributed by atoms with Crippen LogP contribution in [-0.4, -0.2) is 32.9 Å². The molecule has 128 valence electrons. The molecule has 0 radical (unpaired) electrons. The first kappa shape index (κ1) is 16.4. The fourth-order valence-corrected chi connectivity index (χ4v) is 2.84. The van der Waals surface area contributed by atoms with Gasteiger partial charge in [0.15, 0.2) is 0 Å². The topological polar surface area (TPSA) is 87.9 Å². The maximum Gasteiger partial charge on any atom is 0.417 e. The van der Waals surface area contributed by atoms with Gasteiger partial charge in [0.2, 0.25) is 5.95 Å². The summed E-state index contributed by atoms with van der Waals surface area (Å²) in [5.41, 5.74) is 5.71. The minimum absolute atomic E-state index is 0.0732. The molecule has 24 heavy (non-hydrogen) atoms. The summed E-state index contributed by atoms with van der Waals surface area (Å²) in [7, 11) is 0. The lowest BCUT2D eigenvalue weighted by Gasteiger charge is -2.16. The van der Waals surface area contributed by atoms with E-state index in [0.717, 1.165) is 25.2 Å². The zero-order valence-corrected chi connectivity index (χ0v) is 12.7. The standard InChI is InChI=1S/C15H16F3N5O/c16-15(17,18)10-1-2-11(20-6-10)8-23-4-3-9(7-23)12-5-13(24)22-14(19)21-12/h1-2,5-6,9H,3-4,7-8H2,(H3,19,21,22,24). The van der Waals surface area contributed by atoms with Gasteiger partial charge in [-0.25, -0.2) is 4.98 Å². The van der Waals surface area contributed by atoms with Gasteiger partial charge in [0.25, 0.3) is 5.56 Å². The lowest BCUT2D eigenvalue weighted by molar-refractivity contribution is -0.137. The maximum absolute atomic E-state index is 12.5. The third-order valence-electron chi connectivity index (χ3n) is 4.01. The molecule has 0 aliphatic carbocycles. The number of hydrogen-bond donors (Lipinski definition) is 2. The molecule has 2 aromatic rings. The molecule has 0 saturated carbocycles. The Morgan fingerprint density at radius 1 is 1.38 bits per heavy atom. The number of nitrogens with zero attached hydrogens (tertiary/aromatic N) is 3. The summed E-state index contributed by atoms with van der Waals surface area (Å²) in [6.07, 6.45) is -2.73. The zero-order valence-electron chi connectivity index (χ0n) is 12.7. The number of anilines is 1. The SMILES string of the molecule is Nc1nc(C2CCN(Cc3ccc(C(F)(F)F)cn3)C2)cc(=O)[nH]1. The Morgan fingerprint density at radius 2 is 2.17 bits per heavy atom. The van der Waals surface area contributed by atoms with Crippen molar-refractivity contribution in [2.45, 2.75) is 25.1 Å². The van der Waals surface area contributed by atoms with Crippen molar-refractivity contribution in [1.82, 2.24) is 19.9 Å². The van der Waals surface area contributed by atoms with E-state index in [-0.39, 0.29) is 17.4 Å². The van der Waals surface area contributed by atoms with Gasteiger partial charge in [0.1, 0.15) is 0 Å². The third kappa shape index (κ3) is 3.73. The highest BCUT2D eigenvalue weighted by Crippen LogP contribution is 2.29. The molecule has 0 bridgehead atoms. The second-order valence-corrected chi connectivity index (χ2v) is 5.81. The van der Waals surface area contributed by atoms with Crippen molar-refractivity contribution in [2.75, 3.05) is 18.8 Å². The number of likely N-dealkylation sites (tertiary alicyclic amines) is 1. The Hall–Kier alpha value is -2.42. The average molecular weight is 339 g/mol. The Balaban J connectivity index is 1.65. The molecule has 1 aliphatic rings. The van der Waals surface area contributed by atoms with Gasteiger partial charge in [-0.15, -0.1) is 0 Å². The number of aromatic amines is 1. The summed E-state index contributed by atoms with van der Waals surface area (Å²) in [6.45, 7) is 1.85. The summed E-state index contributed by atoms with van der Waals surface area (Å²) in [5, 5.41) is 0. The highest BCUT2D eigenvalue weighted by molar-refractivity contribution is 5.21. The second-order valence-electron chi connectivity index (χ2n) is 5.81. The number of nitrogens with two attached hydrogens (primary N) is 1. The normalized spacial score (nSPS) is 18.9. The predicted octanol–water partition coefficient (Wildman–Crippen LogP) is 1.76. The van der Waals surface area contributed by atoms with Crippen molar-refractivity contribution in [3.8, 4) is 0 Å². The van der Waals surface area contributed by atoms with Crippen molar-refractivity contribution < 1.29 is 13.2 Å². The Morgan fingerprint density at radius 3 is 2.79 bits per heavy atom. The number of nitrogen functional groups attached to an aromatic ring is 1. The Labute approximate surface area is 135 Å². The van der Waals surface area contributed by atoms with Crippen LogP contribution in [0.5, 0.6) is 0 Å². The zero-order chi connectivity index (χ0) is 17.3. The molecule has 1 saturated heterocycles. The Bertz CT molecular complexity index is 772. The summed E-state index contributed by atoms with van der Waals surface area (Å²) in [6, 6.07) is 3.86. The predicted molar refractivity (Wildman–Crippen MR) is 81.1 cm³/mol. The van der Waals surface area contributed by atoms with Crippen molar-refractivity contribution in [3.05, 3.63) is 51.7 Å². The molecule has 1 atom stereocenters. The van der Waals surface area contributed by atoms with Gasteiger partial charge < -0.3 is 5.73 Å². The van der Waals surface area contributed by atoms with E-state index in [2.05, 4.69) is 19.9 Å². The number of halogens is 3. The lowest BCUT2D eigenvalue weighted by Crippen LogP contribution is -2.21. The smallest absolute Gasteiger partial charge is 0.369 e. The molecule has 1 fully saturated rings. The van der Waals surface area contributed by atoms with Crippen LogP contribution in [0.4, 0.5) is 19.1 Å². The maximum atomic E-state index is 12.5. The van der Waals surface area contributed by atoms with Crippen molar-refractivity contribution in [2.24, 2.45) is 0 Å². The quantitative estimate of drug-likeness (QED) is 0.890.